The summed E-state index contributed by atoms with van der Waals surface area (Å²) in [5.74, 6) is 0.517. The van der Waals surface area contributed by atoms with E-state index in [0.717, 1.165) is 26.1 Å². The summed E-state index contributed by atoms with van der Waals surface area (Å²) in [6, 6.07) is 0. The highest BCUT2D eigenvalue weighted by molar-refractivity contribution is 5.91. The van der Waals surface area contributed by atoms with Gasteiger partial charge in [0.05, 0.1) is 11.5 Å². The molecule has 0 aromatic heterocycles. The number of hydrogen-bond acceptors (Lipinski definition) is 4. The van der Waals surface area contributed by atoms with E-state index in [1.54, 1.807) is 0 Å². The number of aliphatic hydroxyl groups excluding tert-OH is 1. The number of likely N-dealkylation sites (tertiary alicyclic amines) is 1. The first kappa shape index (κ1) is 14.0. The molecule has 2 rings (SSSR count). The van der Waals surface area contributed by atoms with E-state index in [2.05, 4.69) is 4.90 Å². The smallest absolute Gasteiger partial charge is 0.171 e. The summed E-state index contributed by atoms with van der Waals surface area (Å²) in [6.45, 7) is 10.6. The highest BCUT2D eigenvalue weighted by Gasteiger charge is 2.53. The molecule has 4 nitrogen and oxygen atoms in total. The van der Waals surface area contributed by atoms with E-state index < -0.39 is 11.2 Å². The third kappa shape index (κ3) is 2.46. The third-order valence-electron chi connectivity index (χ3n) is 4.34. The molecule has 0 amide bonds. The first-order valence-corrected chi connectivity index (χ1v) is 6.84. The Morgan fingerprint density at radius 3 is 2.50 bits per heavy atom. The van der Waals surface area contributed by atoms with Crippen molar-refractivity contribution in [3.8, 4) is 0 Å². The molecule has 4 heteroatoms. The Kier molecular flexibility index (Phi) is 3.56. The predicted octanol–water partition coefficient (Wildman–Crippen LogP) is 1.07. The van der Waals surface area contributed by atoms with Crippen molar-refractivity contribution < 1.29 is 14.6 Å². The highest BCUT2D eigenvalue weighted by Crippen LogP contribution is 2.39. The van der Waals surface area contributed by atoms with Gasteiger partial charge >= 0.3 is 0 Å². The highest BCUT2D eigenvalue weighted by atomic mass is 16.5. The number of aliphatic hydroxyl groups is 1. The molecule has 2 saturated heterocycles. The molecule has 0 radical (unpaired) electrons. The van der Waals surface area contributed by atoms with Crippen molar-refractivity contribution in [3.63, 3.8) is 0 Å². The zero-order valence-electron chi connectivity index (χ0n) is 11.9. The lowest BCUT2D eigenvalue weighted by atomic mass is 9.85. The fourth-order valence-electron chi connectivity index (χ4n) is 3.30. The van der Waals surface area contributed by atoms with E-state index in [0.29, 0.717) is 5.92 Å². The van der Waals surface area contributed by atoms with Gasteiger partial charge in [-0.05, 0) is 46.6 Å². The minimum Gasteiger partial charge on any atom is -0.396 e. The van der Waals surface area contributed by atoms with Crippen LogP contribution in [0, 0.1) is 11.8 Å². The van der Waals surface area contributed by atoms with Gasteiger partial charge in [-0.2, -0.15) is 0 Å². The fraction of sp³-hybridized carbons (Fsp3) is 0.929. The summed E-state index contributed by atoms with van der Waals surface area (Å²) >= 11 is 0. The largest absolute Gasteiger partial charge is 0.396 e. The second kappa shape index (κ2) is 4.58. The SMILES string of the molecule is CC1(C)OC(C)(C)C(CN2CCC(CO)C2)C1=O. The standard InChI is InChI=1S/C14H25NO3/c1-13(2)11(12(17)14(3,4)18-13)8-15-6-5-10(7-15)9-16/h10-11,16H,5-9H2,1-4H3. The van der Waals surface area contributed by atoms with Crippen LogP contribution in [-0.4, -0.2) is 53.2 Å². The molecule has 1 N–H and O–H groups in total. The van der Waals surface area contributed by atoms with Crippen molar-refractivity contribution in [1.29, 1.82) is 0 Å². The molecule has 2 unspecified atom stereocenters. The van der Waals surface area contributed by atoms with Crippen LogP contribution < -0.4 is 0 Å². The van der Waals surface area contributed by atoms with E-state index in [1.165, 1.54) is 0 Å². The number of rotatable bonds is 3. The number of nitrogens with zero attached hydrogens (tertiary/aromatic N) is 1. The summed E-state index contributed by atoms with van der Waals surface area (Å²) in [6.07, 6.45) is 1.03. The van der Waals surface area contributed by atoms with Crippen LogP contribution in [0.5, 0.6) is 0 Å². The molecule has 2 aliphatic rings. The van der Waals surface area contributed by atoms with Gasteiger partial charge in [0.25, 0.3) is 0 Å². The number of carbonyl (C=O) groups is 1. The average Bonchev–Trinajstić information content (AvgIpc) is 2.75. The van der Waals surface area contributed by atoms with Gasteiger partial charge in [-0.3, -0.25) is 4.79 Å². The first-order chi connectivity index (χ1) is 8.26. The van der Waals surface area contributed by atoms with Gasteiger partial charge in [-0.25, -0.2) is 0 Å². The van der Waals surface area contributed by atoms with Crippen LogP contribution in [-0.2, 0) is 9.53 Å². The molecule has 2 aliphatic heterocycles. The van der Waals surface area contributed by atoms with Gasteiger partial charge in [0, 0.05) is 19.7 Å². The van der Waals surface area contributed by atoms with Crippen molar-refractivity contribution in [2.75, 3.05) is 26.2 Å². The minimum absolute atomic E-state index is 0.0649. The van der Waals surface area contributed by atoms with Crippen molar-refractivity contribution in [1.82, 2.24) is 4.90 Å². The first-order valence-electron chi connectivity index (χ1n) is 6.84. The van der Waals surface area contributed by atoms with Gasteiger partial charge < -0.3 is 14.7 Å². The van der Waals surface area contributed by atoms with Crippen molar-refractivity contribution >= 4 is 5.78 Å². The molecule has 104 valence electrons. The maximum Gasteiger partial charge on any atom is 0.171 e. The number of carbonyl (C=O) groups excluding carboxylic acids is 1. The van der Waals surface area contributed by atoms with E-state index in [4.69, 9.17) is 9.84 Å². The Hall–Kier alpha value is -0.450. The van der Waals surface area contributed by atoms with Gasteiger partial charge in [-0.1, -0.05) is 0 Å². The fourth-order valence-corrected chi connectivity index (χ4v) is 3.30. The lowest BCUT2D eigenvalue weighted by molar-refractivity contribution is -0.132. The summed E-state index contributed by atoms with van der Waals surface area (Å²) in [4.78, 5) is 14.7. The Balaban J connectivity index is 2.03. The van der Waals surface area contributed by atoms with Crippen molar-refractivity contribution in [2.24, 2.45) is 11.8 Å². The average molecular weight is 255 g/mol. The molecular formula is C14H25NO3. The van der Waals surface area contributed by atoms with Gasteiger partial charge in [0.15, 0.2) is 5.78 Å². The predicted molar refractivity (Wildman–Crippen MR) is 69.4 cm³/mol. The molecule has 0 saturated carbocycles. The Bertz CT molecular complexity index is 338. The van der Waals surface area contributed by atoms with E-state index in [1.807, 2.05) is 27.7 Å². The van der Waals surface area contributed by atoms with Gasteiger partial charge in [0.1, 0.15) is 5.60 Å². The Labute approximate surface area is 109 Å². The Morgan fingerprint density at radius 1 is 1.39 bits per heavy atom. The molecule has 2 atom stereocenters. The van der Waals surface area contributed by atoms with E-state index in [-0.39, 0.29) is 18.3 Å². The number of ether oxygens (including phenoxy) is 1. The maximum absolute atomic E-state index is 12.4. The lowest BCUT2D eigenvalue weighted by Crippen LogP contribution is -2.40. The molecule has 2 fully saturated rings. The monoisotopic (exact) mass is 255 g/mol. The molecule has 0 bridgehead atoms. The minimum atomic E-state index is -0.662. The van der Waals surface area contributed by atoms with Crippen LogP contribution >= 0.6 is 0 Å². The van der Waals surface area contributed by atoms with Crippen LogP contribution in [0.4, 0.5) is 0 Å². The zero-order chi connectivity index (χ0) is 13.6. The quantitative estimate of drug-likeness (QED) is 0.819. The zero-order valence-corrected chi connectivity index (χ0v) is 11.9. The molecular weight excluding hydrogens is 230 g/mol. The van der Waals surface area contributed by atoms with Crippen LogP contribution in [0.2, 0.25) is 0 Å². The molecule has 0 aromatic rings. The molecule has 0 aliphatic carbocycles. The van der Waals surface area contributed by atoms with Crippen molar-refractivity contribution in [2.45, 2.75) is 45.3 Å². The topological polar surface area (TPSA) is 49.8 Å². The van der Waals surface area contributed by atoms with Gasteiger partial charge in [-0.15, -0.1) is 0 Å². The summed E-state index contributed by atoms with van der Waals surface area (Å²) in [5.41, 5.74) is -1.05. The molecule has 18 heavy (non-hydrogen) atoms. The number of Topliss-reactive ketones (excluding diaryl/α,β-unsaturated/α-hetero) is 1. The summed E-state index contributed by atoms with van der Waals surface area (Å²) in [5, 5.41) is 9.16. The van der Waals surface area contributed by atoms with Crippen LogP contribution in [0.15, 0.2) is 0 Å². The molecule has 0 spiro atoms. The molecule has 0 aromatic carbocycles. The number of ketones is 1. The maximum atomic E-state index is 12.4. The third-order valence-corrected chi connectivity index (χ3v) is 4.34. The van der Waals surface area contributed by atoms with E-state index in [9.17, 15) is 4.79 Å². The van der Waals surface area contributed by atoms with Crippen molar-refractivity contribution in [3.05, 3.63) is 0 Å². The second-order valence-corrected chi connectivity index (χ2v) is 6.73. The summed E-state index contributed by atoms with van der Waals surface area (Å²) in [7, 11) is 0. The summed E-state index contributed by atoms with van der Waals surface area (Å²) < 4.78 is 5.90. The Morgan fingerprint density at radius 2 is 2.06 bits per heavy atom. The second-order valence-electron chi connectivity index (χ2n) is 6.73. The number of hydrogen-bond donors (Lipinski definition) is 1. The van der Waals surface area contributed by atoms with Gasteiger partial charge in [0.2, 0.25) is 0 Å². The molecule has 2 heterocycles. The van der Waals surface area contributed by atoms with Crippen LogP contribution in [0.3, 0.4) is 0 Å². The van der Waals surface area contributed by atoms with Crippen LogP contribution in [0.1, 0.15) is 34.1 Å². The van der Waals surface area contributed by atoms with E-state index >= 15 is 0 Å². The van der Waals surface area contributed by atoms with Crippen LogP contribution in [0.25, 0.3) is 0 Å². The lowest BCUT2D eigenvalue weighted by Gasteiger charge is -2.28. The normalized spacial score (nSPS) is 35.3.